The lowest BCUT2D eigenvalue weighted by atomic mass is 10.1. The maximum Gasteiger partial charge on any atom is 0.263 e. The van der Waals surface area contributed by atoms with Gasteiger partial charge in [0.1, 0.15) is 5.82 Å². The molecule has 0 spiro atoms. The molecule has 0 unspecified atom stereocenters. The van der Waals surface area contributed by atoms with E-state index in [9.17, 15) is 14.4 Å². The average molecular weight is 492 g/mol. The third kappa shape index (κ3) is 3.79. The molecule has 1 aliphatic heterocycles. The van der Waals surface area contributed by atoms with Crippen molar-refractivity contribution in [2.24, 2.45) is 0 Å². The number of carbonyl (C=O) groups is 3. The summed E-state index contributed by atoms with van der Waals surface area (Å²) >= 11 is 12.4. The van der Waals surface area contributed by atoms with Crippen LogP contribution in [0.4, 0.5) is 0 Å². The van der Waals surface area contributed by atoms with Gasteiger partial charge in [-0.05, 0) is 49.7 Å². The van der Waals surface area contributed by atoms with E-state index in [0.717, 1.165) is 5.56 Å². The second-order valence-corrected chi connectivity index (χ2v) is 9.02. The largest absolute Gasteiger partial charge is 0.274 e. The number of amides is 2. The van der Waals surface area contributed by atoms with Crippen LogP contribution in [-0.4, -0.2) is 38.7 Å². The molecule has 0 bridgehead atoms. The zero-order chi connectivity index (χ0) is 24.0. The van der Waals surface area contributed by atoms with E-state index < -0.39 is 0 Å². The van der Waals surface area contributed by atoms with Crippen molar-refractivity contribution in [3.63, 3.8) is 0 Å². The Morgan fingerprint density at radius 3 is 2.18 bits per heavy atom. The summed E-state index contributed by atoms with van der Waals surface area (Å²) in [5.41, 5.74) is 3.49. The summed E-state index contributed by atoms with van der Waals surface area (Å²) in [6, 6.07) is 17.3. The van der Waals surface area contributed by atoms with E-state index >= 15 is 0 Å². The number of hydrogen-bond acceptors (Lipinski definition) is 4. The van der Waals surface area contributed by atoms with Gasteiger partial charge in [0.15, 0.2) is 0 Å². The fourth-order valence-corrected chi connectivity index (χ4v) is 4.50. The minimum atomic E-state index is -0.302. The Kier molecular flexibility index (Phi) is 5.71. The lowest BCUT2D eigenvalue weighted by Gasteiger charge is -2.14. The van der Waals surface area contributed by atoms with Gasteiger partial charge in [0.05, 0.1) is 32.2 Å². The number of halogens is 2. The van der Waals surface area contributed by atoms with Crippen LogP contribution in [0.1, 0.15) is 48.9 Å². The Labute approximate surface area is 205 Å². The van der Waals surface area contributed by atoms with Crippen molar-refractivity contribution in [2.45, 2.75) is 19.8 Å². The average Bonchev–Trinajstić information content (AvgIpc) is 3.29. The zero-order valence-corrected chi connectivity index (χ0v) is 19.7. The van der Waals surface area contributed by atoms with Gasteiger partial charge in [0, 0.05) is 18.5 Å². The van der Waals surface area contributed by atoms with Crippen molar-refractivity contribution < 1.29 is 14.4 Å². The minimum Gasteiger partial charge on any atom is -0.274 e. The van der Waals surface area contributed by atoms with Gasteiger partial charge in [-0.15, -0.1) is 0 Å². The molecule has 1 aliphatic rings. The van der Waals surface area contributed by atoms with E-state index in [0.29, 0.717) is 56.4 Å². The quantitative estimate of drug-likeness (QED) is 0.342. The number of rotatable bonds is 5. The number of carbonyl (C=O) groups excluding carboxylic acids is 3. The first kappa shape index (κ1) is 22.3. The van der Waals surface area contributed by atoms with E-state index in [2.05, 4.69) is 4.98 Å². The fraction of sp³-hybridized carbons (Fsp3) is 0.154. The molecule has 4 aromatic rings. The number of fused-ring (bicyclic) bond motifs is 2. The number of nitrogens with zero attached hydrogens (tertiary/aromatic N) is 3. The Hall–Kier alpha value is -3.48. The van der Waals surface area contributed by atoms with Crippen LogP contribution in [0, 0.1) is 6.92 Å². The van der Waals surface area contributed by atoms with E-state index in [1.807, 2.05) is 19.1 Å². The highest BCUT2D eigenvalue weighted by atomic mass is 35.5. The van der Waals surface area contributed by atoms with Crippen molar-refractivity contribution in [1.82, 2.24) is 14.5 Å². The lowest BCUT2D eigenvalue weighted by molar-refractivity contribution is 0.0651. The molecule has 8 heteroatoms. The molecule has 170 valence electrons. The highest BCUT2D eigenvalue weighted by Gasteiger charge is 2.34. The van der Waals surface area contributed by atoms with Crippen LogP contribution in [0.25, 0.3) is 11.0 Å². The minimum absolute atomic E-state index is 0.218. The monoisotopic (exact) mass is 491 g/mol. The van der Waals surface area contributed by atoms with Crippen molar-refractivity contribution in [3.05, 3.63) is 98.8 Å². The Balaban J connectivity index is 1.44. The van der Waals surface area contributed by atoms with Crippen molar-refractivity contribution >= 4 is 52.0 Å². The van der Waals surface area contributed by atoms with Gasteiger partial charge in [-0.2, -0.15) is 0 Å². The SMILES string of the molecule is Cc1ccc(C(=O)n2c(CCCN3C(=O)c4ccccc4C3=O)nc3cc(Cl)c(Cl)cc32)cc1. The molecular weight excluding hydrogens is 473 g/mol. The van der Waals surface area contributed by atoms with Crippen molar-refractivity contribution in [2.75, 3.05) is 6.54 Å². The Morgan fingerprint density at radius 2 is 1.53 bits per heavy atom. The summed E-state index contributed by atoms with van der Waals surface area (Å²) in [5, 5.41) is 0.670. The van der Waals surface area contributed by atoms with Gasteiger partial charge in [-0.25, -0.2) is 4.98 Å². The molecule has 6 nitrogen and oxygen atoms in total. The van der Waals surface area contributed by atoms with Gasteiger partial charge in [-0.1, -0.05) is 53.0 Å². The van der Waals surface area contributed by atoms with Crippen molar-refractivity contribution in [3.8, 4) is 0 Å². The first-order valence-corrected chi connectivity index (χ1v) is 11.5. The number of hydrogen-bond donors (Lipinski definition) is 0. The highest BCUT2D eigenvalue weighted by Crippen LogP contribution is 2.30. The highest BCUT2D eigenvalue weighted by molar-refractivity contribution is 6.42. The van der Waals surface area contributed by atoms with Crippen LogP contribution in [0.5, 0.6) is 0 Å². The maximum atomic E-state index is 13.5. The molecule has 0 radical (unpaired) electrons. The summed E-state index contributed by atoms with van der Waals surface area (Å²) in [6.45, 7) is 2.17. The van der Waals surface area contributed by atoms with Crippen LogP contribution in [-0.2, 0) is 6.42 Å². The Morgan fingerprint density at radius 1 is 0.912 bits per heavy atom. The van der Waals surface area contributed by atoms with Gasteiger partial charge in [0.2, 0.25) is 0 Å². The topological polar surface area (TPSA) is 72.3 Å². The van der Waals surface area contributed by atoms with Gasteiger partial charge >= 0.3 is 0 Å². The fourth-order valence-electron chi connectivity index (χ4n) is 4.18. The number of imide groups is 1. The molecule has 0 saturated heterocycles. The van der Waals surface area contributed by atoms with Gasteiger partial charge in [0.25, 0.3) is 17.7 Å². The number of imidazole rings is 1. The summed E-state index contributed by atoms with van der Waals surface area (Å²) in [6.07, 6.45) is 0.812. The molecule has 0 atom stereocenters. The number of aryl methyl sites for hydroxylation is 2. The first-order valence-electron chi connectivity index (χ1n) is 10.8. The van der Waals surface area contributed by atoms with E-state index in [1.165, 1.54) is 9.47 Å². The molecule has 0 aliphatic carbocycles. The molecular formula is C26H19Cl2N3O3. The molecule has 0 N–H and O–H groups in total. The van der Waals surface area contributed by atoms with Crippen LogP contribution in [0.2, 0.25) is 10.0 Å². The van der Waals surface area contributed by atoms with E-state index in [1.54, 1.807) is 48.5 Å². The molecule has 0 fully saturated rings. The number of benzene rings is 3. The summed E-state index contributed by atoms with van der Waals surface area (Å²) in [4.78, 5) is 44.6. The van der Waals surface area contributed by atoms with Crippen LogP contribution < -0.4 is 0 Å². The molecule has 0 saturated carbocycles. The van der Waals surface area contributed by atoms with Crippen molar-refractivity contribution in [1.29, 1.82) is 0 Å². The molecule has 1 aromatic heterocycles. The zero-order valence-electron chi connectivity index (χ0n) is 18.2. The standard InChI is InChI=1S/C26H19Cl2N3O3/c1-15-8-10-16(11-9-15)24(32)31-22-14-20(28)19(27)13-21(22)29-23(31)7-4-12-30-25(33)17-5-2-3-6-18(17)26(30)34/h2-3,5-6,8-11,13-14H,4,7,12H2,1H3. The third-order valence-electron chi connectivity index (χ3n) is 5.93. The van der Waals surface area contributed by atoms with E-state index in [4.69, 9.17) is 23.2 Å². The summed E-state index contributed by atoms with van der Waals surface area (Å²) in [5.74, 6) is -0.334. The van der Waals surface area contributed by atoms with Crippen LogP contribution in [0.15, 0.2) is 60.7 Å². The maximum absolute atomic E-state index is 13.5. The Bertz CT molecular complexity index is 1440. The van der Waals surface area contributed by atoms with Crippen LogP contribution in [0.3, 0.4) is 0 Å². The molecule has 5 rings (SSSR count). The summed E-state index contributed by atoms with van der Waals surface area (Å²) < 4.78 is 1.53. The number of aromatic nitrogens is 2. The smallest absolute Gasteiger partial charge is 0.263 e. The molecule has 3 aromatic carbocycles. The van der Waals surface area contributed by atoms with E-state index in [-0.39, 0.29) is 24.3 Å². The first-order chi connectivity index (χ1) is 16.3. The predicted molar refractivity (Wildman–Crippen MR) is 131 cm³/mol. The lowest BCUT2D eigenvalue weighted by Crippen LogP contribution is -2.31. The normalized spacial score (nSPS) is 13.1. The summed E-state index contributed by atoms with van der Waals surface area (Å²) in [7, 11) is 0. The predicted octanol–water partition coefficient (Wildman–Crippen LogP) is 5.57. The van der Waals surface area contributed by atoms with Crippen LogP contribution >= 0.6 is 23.2 Å². The third-order valence-corrected chi connectivity index (χ3v) is 6.65. The second-order valence-electron chi connectivity index (χ2n) is 8.20. The second kappa shape index (κ2) is 8.70. The molecule has 34 heavy (non-hydrogen) atoms. The van der Waals surface area contributed by atoms with Gasteiger partial charge < -0.3 is 0 Å². The molecule has 2 heterocycles. The van der Waals surface area contributed by atoms with Gasteiger partial charge in [-0.3, -0.25) is 23.9 Å². The molecule has 2 amide bonds.